The fourth-order valence-corrected chi connectivity index (χ4v) is 10.5. The molecule has 350 valence electrons. The number of hydrogen-bond acceptors (Lipinski definition) is 10. The van der Waals surface area contributed by atoms with Gasteiger partial charge in [-0.3, -0.25) is 4.90 Å². The summed E-state index contributed by atoms with van der Waals surface area (Å²) in [6, 6.07) is 31.3. The smallest absolute Gasteiger partial charge is 0.410 e. The lowest BCUT2D eigenvalue weighted by atomic mass is 9.55. The Morgan fingerprint density at radius 3 is 2.36 bits per heavy atom. The van der Waals surface area contributed by atoms with Crippen molar-refractivity contribution in [1.82, 2.24) is 4.90 Å². The number of aliphatic hydroxyl groups is 2. The van der Waals surface area contributed by atoms with Crippen molar-refractivity contribution in [1.29, 1.82) is 0 Å². The van der Waals surface area contributed by atoms with Crippen LogP contribution in [0.4, 0.5) is 9.18 Å². The highest BCUT2D eigenvalue weighted by Crippen LogP contribution is 2.62. The van der Waals surface area contributed by atoms with E-state index in [0.29, 0.717) is 48.6 Å². The van der Waals surface area contributed by atoms with Gasteiger partial charge in [0, 0.05) is 48.3 Å². The number of hydrogen-bond donors (Lipinski definition) is 2. The van der Waals surface area contributed by atoms with Crippen LogP contribution < -0.4 is 9.47 Å². The number of oxime groups is 1. The Bertz CT molecular complexity index is 2240. The van der Waals surface area contributed by atoms with Crippen LogP contribution >= 0.6 is 11.8 Å². The third-order valence-corrected chi connectivity index (χ3v) is 13.7. The van der Waals surface area contributed by atoms with Gasteiger partial charge < -0.3 is 34.0 Å². The van der Waals surface area contributed by atoms with Crippen molar-refractivity contribution in [2.24, 2.45) is 22.9 Å². The van der Waals surface area contributed by atoms with E-state index in [2.05, 4.69) is 37.4 Å². The molecule has 0 unspecified atom stereocenters. The number of carbonyl (C=O) groups is 1. The van der Waals surface area contributed by atoms with Crippen LogP contribution in [0.5, 0.6) is 11.5 Å². The first-order valence-corrected chi connectivity index (χ1v) is 24.2. The van der Waals surface area contributed by atoms with Crippen molar-refractivity contribution in [3.8, 4) is 11.5 Å². The summed E-state index contributed by atoms with van der Waals surface area (Å²) in [5.74, 6) is -0.518. The maximum atomic E-state index is 14.7. The molecular formula is C54H63FN2O8S. The average Bonchev–Trinajstić information content (AvgIpc) is 3.34. The predicted molar refractivity (Wildman–Crippen MR) is 257 cm³/mol. The van der Waals surface area contributed by atoms with Crippen molar-refractivity contribution in [2.45, 2.75) is 87.2 Å². The maximum absolute atomic E-state index is 14.7. The zero-order chi connectivity index (χ0) is 46.1. The Hall–Kier alpha value is -5.40. The van der Waals surface area contributed by atoms with Gasteiger partial charge in [-0.05, 0) is 103 Å². The van der Waals surface area contributed by atoms with Gasteiger partial charge in [-0.2, -0.15) is 0 Å². The summed E-state index contributed by atoms with van der Waals surface area (Å²) in [6.45, 7) is 9.01. The van der Waals surface area contributed by atoms with Gasteiger partial charge in [0.2, 0.25) is 5.79 Å². The number of nitrogens with zero attached hydrogens (tertiary/aromatic N) is 2. The number of allylic oxidation sites excluding steroid dienone is 1. The number of unbranched alkanes of at least 4 members (excludes halogenated alkanes) is 2. The molecule has 7 rings (SSSR count). The average molecular weight is 919 g/mol. The molecule has 1 saturated carbocycles. The van der Waals surface area contributed by atoms with Crippen LogP contribution in [0.2, 0.25) is 0 Å². The molecule has 2 N–H and O–H groups in total. The largest absolute Gasteiger partial charge is 0.493 e. The SMILES string of the molecule is C=CCCOC(=O)N(Cc1ccc(F)cc1)[C@H]1CC(=NOCc2ccccc2)C2=C[C@H](CCCCO)[C@@H](CCCCO)[C@@H]3c4cc(OCCSc5ccccc5)ccc4O[C@@]1(OCC=C)[C@H]23. The summed E-state index contributed by atoms with van der Waals surface area (Å²) in [5, 5.41) is 24.9. The lowest BCUT2D eigenvalue weighted by molar-refractivity contribution is -0.256. The van der Waals surface area contributed by atoms with E-state index in [1.165, 1.54) is 17.0 Å². The Morgan fingerprint density at radius 2 is 1.64 bits per heavy atom. The minimum Gasteiger partial charge on any atom is -0.493 e. The molecule has 0 saturated heterocycles. The van der Waals surface area contributed by atoms with E-state index in [4.69, 9.17) is 28.9 Å². The van der Waals surface area contributed by atoms with Crippen LogP contribution in [-0.2, 0) is 27.5 Å². The summed E-state index contributed by atoms with van der Waals surface area (Å²) >= 11 is 1.73. The zero-order valence-corrected chi connectivity index (χ0v) is 38.5. The highest BCUT2D eigenvalue weighted by molar-refractivity contribution is 7.99. The normalized spacial score (nSPS) is 22.3. The minimum absolute atomic E-state index is 0.0255. The molecule has 66 heavy (non-hydrogen) atoms. The summed E-state index contributed by atoms with van der Waals surface area (Å²) in [6.07, 6.45) is 10.2. The van der Waals surface area contributed by atoms with Crippen molar-refractivity contribution in [3.63, 3.8) is 0 Å². The minimum atomic E-state index is -1.51. The summed E-state index contributed by atoms with van der Waals surface area (Å²) in [7, 11) is 0. The molecule has 1 heterocycles. The quantitative estimate of drug-likeness (QED) is 0.0290. The van der Waals surface area contributed by atoms with Crippen molar-refractivity contribution in [3.05, 3.63) is 163 Å². The molecule has 6 atom stereocenters. The number of rotatable bonds is 25. The van der Waals surface area contributed by atoms with Crippen LogP contribution in [0.3, 0.4) is 0 Å². The van der Waals surface area contributed by atoms with E-state index in [1.807, 2.05) is 60.7 Å². The monoisotopic (exact) mass is 918 g/mol. The molecule has 0 aromatic heterocycles. The van der Waals surface area contributed by atoms with E-state index < -0.39 is 29.7 Å². The fourth-order valence-electron chi connectivity index (χ4n) is 9.73. The van der Waals surface area contributed by atoms with Gasteiger partial charge in [0.05, 0.1) is 31.5 Å². The van der Waals surface area contributed by atoms with Crippen LogP contribution in [0, 0.1) is 23.6 Å². The van der Waals surface area contributed by atoms with Crippen molar-refractivity contribution in [2.75, 3.05) is 38.8 Å². The summed E-state index contributed by atoms with van der Waals surface area (Å²) < 4.78 is 41.3. The second-order valence-electron chi connectivity index (χ2n) is 17.0. The molecule has 0 spiro atoms. The molecule has 2 aliphatic carbocycles. The number of aliphatic hydroxyl groups excluding tert-OH is 2. The number of ether oxygens (including phenoxy) is 4. The predicted octanol–water partition coefficient (Wildman–Crippen LogP) is 11.0. The molecule has 3 aliphatic rings. The standard InChI is InChI=1S/C54H63FN2O8S/c1-3-5-31-62-53(60)57(37-39-22-24-42(55)25-23-39)50-36-48(56-64-38-40-16-8-6-9-17-40)46-34-41(18-12-14-28-58)45(21-13-15-29-59)51-47-35-43(61-32-33-66-44-19-10-7-11-20-44)26-27-49(47)65-54(50,52(46)51)63-30-4-2/h3-4,6-11,16-17,19-20,22-27,34-35,41,45,50-52,58-59H,1-2,5,12-15,18,21,28-33,36-38H2/t41-,45+,50-,51+,52+,54+/m0/s1. The van der Waals surface area contributed by atoms with Gasteiger partial charge in [0.1, 0.15) is 30.0 Å². The molecule has 0 bridgehead atoms. The molecular weight excluding hydrogens is 856 g/mol. The summed E-state index contributed by atoms with van der Waals surface area (Å²) in [5.41, 5.74) is 4.17. The molecule has 10 nitrogen and oxygen atoms in total. The van der Waals surface area contributed by atoms with Crippen LogP contribution in [-0.4, -0.2) is 77.5 Å². The first kappa shape index (κ1) is 48.5. The topological polar surface area (TPSA) is 119 Å². The Labute approximate surface area is 393 Å². The highest BCUT2D eigenvalue weighted by atomic mass is 32.2. The van der Waals surface area contributed by atoms with Crippen LogP contribution in [0.15, 0.2) is 150 Å². The van der Waals surface area contributed by atoms with Gasteiger partial charge in [0.15, 0.2) is 0 Å². The number of benzene rings is 4. The number of fused-ring (bicyclic) bond motifs is 2. The molecule has 0 radical (unpaired) electrons. The number of amides is 1. The Kier molecular flexibility index (Phi) is 17.9. The molecule has 12 heteroatoms. The lowest BCUT2D eigenvalue weighted by Crippen LogP contribution is -2.70. The van der Waals surface area contributed by atoms with Gasteiger partial charge in [0.25, 0.3) is 0 Å². The van der Waals surface area contributed by atoms with E-state index in [9.17, 15) is 19.4 Å². The molecule has 1 amide bonds. The summed E-state index contributed by atoms with van der Waals surface area (Å²) in [4.78, 5) is 23.7. The Balaban J connectivity index is 1.40. The van der Waals surface area contributed by atoms with E-state index >= 15 is 0 Å². The van der Waals surface area contributed by atoms with Gasteiger partial charge in [-0.25, -0.2) is 9.18 Å². The second kappa shape index (κ2) is 24.4. The first-order valence-electron chi connectivity index (χ1n) is 23.2. The van der Waals surface area contributed by atoms with Gasteiger partial charge >= 0.3 is 6.09 Å². The number of thioether (sulfide) groups is 1. The van der Waals surface area contributed by atoms with Crippen molar-refractivity contribution >= 4 is 23.6 Å². The van der Waals surface area contributed by atoms with Crippen LogP contribution in [0.1, 0.15) is 74.0 Å². The zero-order valence-electron chi connectivity index (χ0n) is 37.7. The van der Waals surface area contributed by atoms with E-state index in [1.54, 1.807) is 40.9 Å². The number of halogens is 1. The van der Waals surface area contributed by atoms with Gasteiger partial charge in [-0.1, -0.05) is 96.9 Å². The maximum Gasteiger partial charge on any atom is 0.410 e. The first-order chi connectivity index (χ1) is 32.4. The fraction of sp³-hybridized carbons (Fsp3) is 0.407. The lowest BCUT2D eigenvalue weighted by Gasteiger charge is -2.59. The molecule has 4 aromatic carbocycles. The molecule has 4 aromatic rings. The third-order valence-electron chi connectivity index (χ3n) is 12.7. The van der Waals surface area contributed by atoms with Crippen LogP contribution in [0.25, 0.3) is 0 Å². The van der Waals surface area contributed by atoms with E-state index in [-0.39, 0.29) is 63.8 Å². The number of carbonyl (C=O) groups excluding carboxylic acids is 1. The third kappa shape index (κ3) is 11.9. The Morgan fingerprint density at radius 1 is 0.894 bits per heavy atom. The molecule has 1 fully saturated rings. The van der Waals surface area contributed by atoms with E-state index in [0.717, 1.165) is 48.1 Å². The van der Waals surface area contributed by atoms with Gasteiger partial charge in [-0.15, -0.1) is 24.9 Å². The highest BCUT2D eigenvalue weighted by Gasteiger charge is 2.65. The second-order valence-corrected chi connectivity index (χ2v) is 18.2. The van der Waals surface area contributed by atoms with Crippen molar-refractivity contribution < 1.29 is 43.2 Å². The molecule has 1 aliphatic heterocycles.